The Labute approximate surface area is 262 Å². The summed E-state index contributed by atoms with van der Waals surface area (Å²) in [6.07, 6.45) is 25.6. The molecule has 0 aromatic rings. The second kappa shape index (κ2) is 12.7. The van der Waals surface area contributed by atoms with Gasteiger partial charge in [-0.3, -0.25) is 42.5 Å². The molecule has 9 fully saturated rings. The van der Waals surface area contributed by atoms with Crippen LogP contribution < -0.4 is 42.5 Å². The number of hydrogen-bond acceptors (Lipinski definition) is 9. The number of nitrogens with one attached hydrogen (secondary N) is 8. The molecule has 10 heteroatoms. The van der Waals surface area contributed by atoms with Crippen LogP contribution in [0.25, 0.3) is 0 Å². The van der Waals surface area contributed by atoms with Gasteiger partial charge in [0.05, 0.1) is 49.3 Å². The van der Waals surface area contributed by atoms with E-state index in [1.807, 2.05) is 0 Å². The van der Waals surface area contributed by atoms with Crippen molar-refractivity contribution in [2.45, 2.75) is 152 Å². The molecular weight excluding hydrogens is 563 g/mol. The van der Waals surface area contributed by atoms with E-state index in [1.54, 1.807) is 0 Å². The van der Waals surface area contributed by atoms with Crippen molar-refractivity contribution in [1.29, 1.82) is 0 Å². The minimum absolute atomic E-state index is 0.420. The van der Waals surface area contributed by atoms with Crippen LogP contribution in [0.15, 0.2) is 0 Å². The van der Waals surface area contributed by atoms with Gasteiger partial charge in [-0.25, -0.2) is 0 Å². The molecule has 9 rings (SSSR count). The van der Waals surface area contributed by atoms with Gasteiger partial charge in [-0.2, -0.15) is 0 Å². The van der Waals surface area contributed by atoms with Gasteiger partial charge >= 0.3 is 21.0 Å². The van der Waals surface area contributed by atoms with Gasteiger partial charge < -0.3 is 0 Å². The Morgan fingerprint density at radius 3 is 0.500 bits per heavy atom. The summed E-state index contributed by atoms with van der Waals surface area (Å²) >= 11 is 1.06. The first-order chi connectivity index (χ1) is 20.8. The quantitative estimate of drug-likeness (QED) is 0.207. The zero-order chi connectivity index (χ0) is 28.2. The fourth-order valence-corrected chi connectivity index (χ4v) is 12.0. The van der Waals surface area contributed by atoms with Crippen molar-refractivity contribution in [3.63, 3.8) is 0 Å². The van der Waals surface area contributed by atoms with Crippen molar-refractivity contribution in [3.05, 3.63) is 0 Å². The summed E-state index contributed by atoms with van der Waals surface area (Å²) in [4.78, 5) is 0. The number of rotatable bonds is 0. The van der Waals surface area contributed by atoms with Gasteiger partial charge in [-0.1, -0.05) is 51.4 Å². The van der Waals surface area contributed by atoms with Crippen LogP contribution in [-0.2, 0) is 21.0 Å². The van der Waals surface area contributed by atoms with Crippen molar-refractivity contribution in [2.24, 2.45) is 47.3 Å². The fraction of sp³-hybridized carbons (Fsp3) is 1.00. The first-order valence-electron chi connectivity index (χ1n) is 18.1. The third-order valence-corrected chi connectivity index (χ3v) is 13.8. The van der Waals surface area contributed by atoms with E-state index in [2.05, 4.69) is 42.5 Å². The molecule has 8 bridgehead atoms. The van der Waals surface area contributed by atoms with Gasteiger partial charge in [-0.15, -0.1) is 0 Å². The van der Waals surface area contributed by atoms with Crippen LogP contribution in [0, 0.1) is 47.3 Å². The molecule has 5 aliphatic heterocycles. The Kier molecular flexibility index (Phi) is 8.90. The van der Waals surface area contributed by atoms with Crippen LogP contribution >= 0.6 is 0 Å². The Morgan fingerprint density at radius 2 is 0.381 bits per heavy atom. The molecule has 42 heavy (non-hydrogen) atoms. The maximum atomic E-state index is 8.19. The molecule has 5 heterocycles. The molecule has 5 saturated heterocycles. The van der Waals surface area contributed by atoms with Crippen molar-refractivity contribution in [1.82, 2.24) is 42.5 Å². The first kappa shape index (κ1) is 29.5. The molecule has 9 nitrogen and oxygen atoms in total. The number of fused-ring (bicyclic) bond motifs is 20. The summed E-state index contributed by atoms with van der Waals surface area (Å²) in [5.41, 5.74) is 0. The molecule has 4 aliphatic carbocycles. The van der Waals surface area contributed by atoms with Gasteiger partial charge in [-0.05, 0) is 98.7 Å². The normalized spacial score (nSPS) is 54.9. The third kappa shape index (κ3) is 5.24. The fourth-order valence-electron chi connectivity index (χ4n) is 12.0. The van der Waals surface area contributed by atoms with Crippen molar-refractivity contribution in [2.75, 3.05) is 0 Å². The summed E-state index contributed by atoms with van der Waals surface area (Å²) in [5.74, 6) is 5.97. The summed E-state index contributed by atoms with van der Waals surface area (Å²) in [6, 6.07) is 0. The standard InChI is InChI=1S/C32H56N8.O.V/c1-2-10-18-17(9-1)25-33-26(18)38-28-21-13-5-6-14-22(21)30(35-28)40-32-24-16-8-7-15-23(24)31(36-32)39-29-20-12-4-3-11-19(20)27(34-29)37-25;;/h17-40H,1-16H2;;. The van der Waals surface area contributed by atoms with Crippen molar-refractivity contribution >= 4 is 0 Å². The Bertz CT molecular complexity index is 738. The van der Waals surface area contributed by atoms with Crippen molar-refractivity contribution < 1.29 is 21.0 Å². The number of hydrogen-bond donors (Lipinski definition) is 8. The maximum absolute atomic E-state index is 8.19. The minimum atomic E-state index is 0.420. The van der Waals surface area contributed by atoms with Crippen LogP contribution in [0.2, 0.25) is 0 Å². The molecule has 0 spiro atoms. The van der Waals surface area contributed by atoms with Gasteiger partial charge in [0.25, 0.3) is 0 Å². The van der Waals surface area contributed by atoms with E-state index in [-0.39, 0.29) is 0 Å². The van der Waals surface area contributed by atoms with E-state index in [1.165, 1.54) is 103 Å². The van der Waals surface area contributed by atoms with E-state index in [9.17, 15) is 0 Å². The molecule has 235 valence electrons. The van der Waals surface area contributed by atoms with Gasteiger partial charge in [0, 0.05) is 0 Å². The van der Waals surface area contributed by atoms with E-state index < -0.39 is 0 Å². The molecular formula is C32H56N8OV. The molecule has 8 atom stereocenters. The molecule has 0 radical (unpaired) electrons. The van der Waals surface area contributed by atoms with Crippen molar-refractivity contribution in [3.8, 4) is 0 Å². The summed E-state index contributed by atoms with van der Waals surface area (Å²) in [6.45, 7) is 0. The van der Waals surface area contributed by atoms with Crippen LogP contribution in [0.1, 0.15) is 103 Å². The van der Waals surface area contributed by atoms with Crippen LogP contribution in [0.3, 0.4) is 0 Å². The molecule has 9 aliphatic rings. The second-order valence-electron chi connectivity index (χ2n) is 15.6. The van der Waals surface area contributed by atoms with E-state index in [0.717, 1.165) is 64.7 Å². The molecule has 0 aromatic heterocycles. The summed E-state index contributed by atoms with van der Waals surface area (Å²) in [7, 11) is 0. The topological polar surface area (TPSA) is 113 Å². The van der Waals surface area contributed by atoms with Gasteiger partial charge in [0.1, 0.15) is 0 Å². The zero-order valence-corrected chi connectivity index (χ0v) is 26.8. The Balaban J connectivity index is 0.00000131. The zero-order valence-electron chi connectivity index (χ0n) is 25.4. The molecule has 4 saturated carbocycles. The Morgan fingerprint density at radius 1 is 0.262 bits per heavy atom. The van der Waals surface area contributed by atoms with Gasteiger partial charge in [0.15, 0.2) is 0 Å². The van der Waals surface area contributed by atoms with E-state index >= 15 is 0 Å². The third-order valence-electron chi connectivity index (χ3n) is 13.8. The van der Waals surface area contributed by atoms with Gasteiger partial charge in [0.2, 0.25) is 0 Å². The average Bonchev–Trinajstić information content (AvgIpc) is 3.78. The van der Waals surface area contributed by atoms with Crippen LogP contribution in [0.5, 0.6) is 0 Å². The predicted octanol–water partition coefficient (Wildman–Crippen LogP) is 2.48. The molecule has 8 N–H and O–H groups in total. The first-order valence-corrected chi connectivity index (χ1v) is 18.6. The van der Waals surface area contributed by atoms with E-state index in [4.69, 9.17) is 3.67 Å². The summed E-state index contributed by atoms with van der Waals surface area (Å²) in [5, 5.41) is 33.8. The monoisotopic (exact) mass is 619 g/mol. The Hall–Kier alpha value is 0.0644. The van der Waals surface area contributed by atoms with Crippen LogP contribution in [0.4, 0.5) is 0 Å². The average molecular weight is 620 g/mol. The molecule has 0 aromatic carbocycles. The molecule has 8 unspecified atom stereocenters. The second-order valence-corrected chi connectivity index (χ2v) is 15.6. The molecule has 0 amide bonds. The SMILES string of the molecule is C1CCC2C3NC(NC4NC(NC5NC(NC6NC(N3)C3CCCCC63)C3CCCCC53)C3CCCCC43)C2C1.[O]=[V]. The summed E-state index contributed by atoms with van der Waals surface area (Å²) < 4.78 is 8.19. The van der Waals surface area contributed by atoms with E-state index in [0.29, 0.717) is 49.3 Å². The van der Waals surface area contributed by atoms with Crippen LogP contribution in [-0.4, -0.2) is 49.3 Å². The predicted molar refractivity (Wildman–Crippen MR) is 158 cm³/mol.